The van der Waals surface area contributed by atoms with E-state index in [0.29, 0.717) is 0 Å². The Bertz CT molecular complexity index is 1520. The predicted molar refractivity (Wildman–Crippen MR) is 302 cm³/mol. The lowest BCUT2D eigenvalue weighted by Crippen LogP contribution is -2.03. The van der Waals surface area contributed by atoms with Crippen molar-refractivity contribution >= 4 is 33.0 Å². The molecule has 0 spiro atoms. The maximum Gasteiger partial charge on any atom is 0.0318 e. The predicted octanol–water partition coefficient (Wildman–Crippen LogP) is 19.7. The minimum absolute atomic E-state index is 0. The quantitative estimate of drug-likeness (QED) is 0.0566. The molecule has 4 rings (SSSR count). The Morgan fingerprint density at radius 1 is 0.349 bits per heavy atom. The van der Waals surface area contributed by atoms with Gasteiger partial charge in [0.05, 0.1) is 0 Å². The topological polar surface area (TPSA) is 31.2 Å². The third kappa shape index (κ3) is 35.4. The molecule has 0 aromatic heterocycles. The molecule has 4 heteroatoms. The number of benzene rings is 4. The molecule has 0 saturated heterocycles. The van der Waals surface area contributed by atoms with E-state index in [1.807, 2.05) is 111 Å². The minimum atomic E-state index is 0. The zero-order valence-corrected chi connectivity index (χ0v) is 42.3. The third-order valence-corrected chi connectivity index (χ3v) is 9.00. The maximum absolute atomic E-state index is 4.03. The molecule has 368 valence electrons. The highest BCUT2D eigenvalue weighted by atomic mass is 15.4. The van der Waals surface area contributed by atoms with Gasteiger partial charge in [-0.25, -0.2) is 0 Å². The summed E-state index contributed by atoms with van der Waals surface area (Å²) in [6.07, 6.45) is 19.4. The van der Waals surface area contributed by atoms with Crippen molar-refractivity contribution in [1.82, 2.24) is 10.0 Å². The van der Waals surface area contributed by atoms with Gasteiger partial charge in [0.1, 0.15) is 0 Å². The Balaban J connectivity index is -0.000000204. The number of rotatable bonds is 18. The minimum Gasteiger partial charge on any atom is -0.303 e. The third-order valence-electron chi connectivity index (χ3n) is 9.00. The zero-order valence-electron chi connectivity index (χ0n) is 42.3. The molecule has 0 N–H and O–H groups in total. The van der Waals surface area contributed by atoms with Gasteiger partial charge in [0, 0.05) is 39.6 Å². The Morgan fingerprint density at radius 2 is 0.603 bits per heavy atom. The number of unbranched alkanes of at least 4 members (excludes halogenated alkanes) is 8. The summed E-state index contributed by atoms with van der Waals surface area (Å²) >= 11 is 0. The summed E-state index contributed by atoms with van der Waals surface area (Å²) in [7, 11) is 7.64. The first-order chi connectivity index (χ1) is 28.6. The molecule has 0 unspecified atom stereocenters. The van der Waals surface area contributed by atoms with Crippen molar-refractivity contribution in [3.8, 4) is 0 Å². The SMILES string of the molecule is C.C.C.C.CC.CC.CC.CC.CC(C)=NN(C)C.CC(C)=NN(C)C.CCCCCCCc1cccc2c(CCCc3ccc(CCCCCCC)c4ccccc34)cccc12. The van der Waals surface area contributed by atoms with Crippen LogP contribution in [-0.2, 0) is 25.7 Å². The van der Waals surface area contributed by atoms with Crippen LogP contribution in [0.15, 0.2) is 83.0 Å². The second-order valence-corrected chi connectivity index (χ2v) is 14.8. The van der Waals surface area contributed by atoms with E-state index in [-0.39, 0.29) is 29.7 Å². The van der Waals surface area contributed by atoms with Crippen LogP contribution in [0, 0.1) is 0 Å². The highest BCUT2D eigenvalue weighted by molar-refractivity contribution is 5.89. The van der Waals surface area contributed by atoms with Gasteiger partial charge < -0.3 is 10.0 Å². The van der Waals surface area contributed by atoms with Gasteiger partial charge in [-0.05, 0) is 116 Å². The number of hydrazone groups is 2. The van der Waals surface area contributed by atoms with E-state index in [0.717, 1.165) is 24.3 Å². The lowest BCUT2D eigenvalue weighted by molar-refractivity contribution is 0.437. The first-order valence-electron chi connectivity index (χ1n) is 23.9. The zero-order chi connectivity index (χ0) is 45.4. The van der Waals surface area contributed by atoms with E-state index in [9.17, 15) is 0 Å². The second kappa shape index (κ2) is 51.0. The summed E-state index contributed by atoms with van der Waals surface area (Å²) in [6.45, 7) is 28.5. The number of fused-ring (bicyclic) bond motifs is 2. The van der Waals surface area contributed by atoms with Crippen LogP contribution in [0.2, 0.25) is 0 Å². The van der Waals surface area contributed by atoms with Gasteiger partial charge >= 0.3 is 0 Å². The lowest BCUT2D eigenvalue weighted by atomic mass is 9.92. The monoisotopic (exact) mass is 877 g/mol. The molecular weight excluding hydrogens is 765 g/mol. The van der Waals surface area contributed by atoms with Crippen molar-refractivity contribution in [2.45, 2.75) is 223 Å². The van der Waals surface area contributed by atoms with Crippen LogP contribution in [0.4, 0.5) is 0 Å². The van der Waals surface area contributed by atoms with E-state index in [2.05, 4.69) is 96.8 Å². The first-order valence-corrected chi connectivity index (χ1v) is 23.9. The molecule has 0 radical (unpaired) electrons. The molecule has 0 heterocycles. The molecule has 63 heavy (non-hydrogen) atoms. The van der Waals surface area contributed by atoms with Crippen molar-refractivity contribution in [3.63, 3.8) is 0 Å². The summed E-state index contributed by atoms with van der Waals surface area (Å²) < 4.78 is 0. The van der Waals surface area contributed by atoms with Crippen LogP contribution in [-0.4, -0.2) is 49.6 Å². The van der Waals surface area contributed by atoms with Gasteiger partial charge in [-0.15, -0.1) is 0 Å². The van der Waals surface area contributed by atoms with Crippen LogP contribution in [0.3, 0.4) is 0 Å². The summed E-state index contributed by atoms with van der Waals surface area (Å²) in [4.78, 5) is 0. The molecule has 0 saturated carbocycles. The van der Waals surface area contributed by atoms with Crippen LogP contribution in [0.5, 0.6) is 0 Å². The smallest absolute Gasteiger partial charge is 0.0318 e. The summed E-state index contributed by atoms with van der Waals surface area (Å²) in [5, 5.41) is 17.5. The average Bonchev–Trinajstić information content (AvgIpc) is 3.24. The van der Waals surface area contributed by atoms with Crippen molar-refractivity contribution in [1.29, 1.82) is 0 Å². The molecule has 0 atom stereocenters. The lowest BCUT2D eigenvalue weighted by Gasteiger charge is -2.13. The van der Waals surface area contributed by atoms with Crippen LogP contribution in [0.25, 0.3) is 21.5 Å². The second-order valence-electron chi connectivity index (χ2n) is 14.8. The van der Waals surface area contributed by atoms with E-state index < -0.39 is 0 Å². The van der Waals surface area contributed by atoms with E-state index in [4.69, 9.17) is 0 Å². The molecule has 4 aromatic carbocycles. The fraction of sp³-hybridized carbons (Fsp3) is 0.627. The summed E-state index contributed by atoms with van der Waals surface area (Å²) in [5.74, 6) is 0. The molecule has 4 nitrogen and oxygen atoms in total. The molecule has 4 aromatic rings. The van der Waals surface area contributed by atoms with Crippen molar-refractivity contribution < 1.29 is 0 Å². The Morgan fingerprint density at radius 3 is 0.857 bits per heavy atom. The van der Waals surface area contributed by atoms with Crippen LogP contribution < -0.4 is 0 Å². The van der Waals surface area contributed by atoms with Crippen LogP contribution in [0.1, 0.15) is 220 Å². The van der Waals surface area contributed by atoms with Gasteiger partial charge in [0.15, 0.2) is 0 Å². The standard InChI is InChI=1S/C37H48.2C5H12N2.4C2H6.4CH4/c1-3-5-7-9-11-18-30-22-16-27-37-31(23-17-26-36(30)37)20-15-21-33-29-28-32(19-12-10-8-6-4-2)34-24-13-14-25-35(33)34;2*1-5(2)6-7(3)4;4*1-2;;;;/h13-14,16-17,22-29H,3-12,15,18-21H2,1-2H3;2*1-4H3;4*1-2H3;4*1H4. The van der Waals surface area contributed by atoms with Gasteiger partial charge in [0.25, 0.3) is 0 Å². The average molecular weight is 878 g/mol. The first kappa shape index (κ1) is 73.7. The van der Waals surface area contributed by atoms with Crippen molar-refractivity contribution in [2.75, 3.05) is 28.2 Å². The Labute approximate surface area is 397 Å². The van der Waals surface area contributed by atoms with E-state index in [1.54, 1.807) is 10.0 Å². The maximum atomic E-state index is 4.03. The molecular formula is C59H112N4. The summed E-state index contributed by atoms with van der Waals surface area (Å²) in [6, 6.07) is 27.9. The fourth-order valence-corrected chi connectivity index (χ4v) is 6.84. The van der Waals surface area contributed by atoms with Gasteiger partial charge in [-0.3, -0.25) is 0 Å². The molecule has 0 fully saturated rings. The van der Waals surface area contributed by atoms with E-state index in [1.165, 1.54) is 127 Å². The Hall–Kier alpha value is -3.66. The molecule has 0 bridgehead atoms. The van der Waals surface area contributed by atoms with Gasteiger partial charge in [-0.1, -0.05) is 223 Å². The molecule has 0 aliphatic heterocycles. The van der Waals surface area contributed by atoms with E-state index >= 15 is 0 Å². The normalized spacial score (nSPS) is 8.92. The van der Waals surface area contributed by atoms with Crippen LogP contribution >= 0.6 is 0 Å². The molecule has 0 aliphatic carbocycles. The largest absolute Gasteiger partial charge is 0.303 e. The number of hydrogen-bond acceptors (Lipinski definition) is 4. The van der Waals surface area contributed by atoms with Gasteiger partial charge in [-0.2, -0.15) is 10.2 Å². The van der Waals surface area contributed by atoms with Crippen molar-refractivity contribution in [2.24, 2.45) is 10.2 Å². The number of nitrogens with zero attached hydrogens (tertiary/aromatic N) is 4. The molecule has 0 aliphatic rings. The highest BCUT2D eigenvalue weighted by Gasteiger charge is 2.09. The summed E-state index contributed by atoms with van der Waals surface area (Å²) in [5.41, 5.74) is 8.27. The van der Waals surface area contributed by atoms with Crippen molar-refractivity contribution in [3.05, 3.63) is 95.1 Å². The van der Waals surface area contributed by atoms with Gasteiger partial charge in [0.2, 0.25) is 0 Å². The fourth-order valence-electron chi connectivity index (χ4n) is 6.84. The number of hydrogen-bond donors (Lipinski definition) is 0. The molecule has 0 amide bonds. The number of aryl methyl sites for hydroxylation is 4. The highest BCUT2D eigenvalue weighted by Crippen LogP contribution is 2.28. The Kier molecular flexibility index (Phi) is 59.7.